The smallest absolute Gasteiger partial charge is 0.144 e. The number of benzene rings is 2. The van der Waals surface area contributed by atoms with E-state index in [2.05, 4.69) is 67.9 Å². The molecule has 3 heteroatoms. The summed E-state index contributed by atoms with van der Waals surface area (Å²) in [6.45, 7) is 9.25. The van der Waals surface area contributed by atoms with Crippen LogP contribution in [0.15, 0.2) is 59.1 Å². The summed E-state index contributed by atoms with van der Waals surface area (Å²) in [6, 6.07) is 16.9. The molecule has 0 radical (unpaired) electrons. The maximum atomic E-state index is 6.31. The van der Waals surface area contributed by atoms with Crippen LogP contribution in [0.2, 0.25) is 19.6 Å². The van der Waals surface area contributed by atoms with Crippen LogP contribution >= 0.6 is 0 Å². The number of aromatic nitrogens is 1. The molecule has 0 N–H and O–H groups in total. The molecular weight excluding hydrogens is 310 g/mol. The third kappa shape index (κ3) is 2.28. The molecule has 0 unspecified atom stereocenters. The fourth-order valence-corrected chi connectivity index (χ4v) is 4.99. The molecule has 24 heavy (non-hydrogen) atoms. The highest BCUT2D eigenvalue weighted by atomic mass is 28.3. The monoisotopic (exact) mass is 331 g/mol. The summed E-state index contributed by atoms with van der Waals surface area (Å²) in [5.41, 5.74) is 5.18. The van der Waals surface area contributed by atoms with Crippen molar-refractivity contribution >= 4 is 35.2 Å². The van der Waals surface area contributed by atoms with Gasteiger partial charge < -0.3 is 4.42 Å². The Labute approximate surface area is 143 Å². The van der Waals surface area contributed by atoms with Crippen molar-refractivity contribution in [2.45, 2.75) is 26.6 Å². The number of aryl methyl sites for hydroxylation is 1. The van der Waals surface area contributed by atoms with Crippen molar-refractivity contribution in [1.29, 1.82) is 0 Å². The third-order valence-corrected chi connectivity index (χ3v) is 6.63. The van der Waals surface area contributed by atoms with E-state index in [9.17, 15) is 0 Å². The Morgan fingerprint density at radius 3 is 2.46 bits per heavy atom. The first-order valence-electron chi connectivity index (χ1n) is 8.33. The summed E-state index contributed by atoms with van der Waals surface area (Å²) < 4.78 is 6.31. The van der Waals surface area contributed by atoms with Gasteiger partial charge in [-0.25, -0.2) is 0 Å². The van der Waals surface area contributed by atoms with Crippen LogP contribution in [0.5, 0.6) is 0 Å². The van der Waals surface area contributed by atoms with E-state index in [0.29, 0.717) is 0 Å². The van der Waals surface area contributed by atoms with E-state index >= 15 is 0 Å². The normalized spacial score (nSPS) is 12.2. The van der Waals surface area contributed by atoms with Crippen molar-refractivity contribution in [3.8, 4) is 11.3 Å². The lowest BCUT2D eigenvalue weighted by Gasteiger charge is -2.19. The molecule has 2 aromatic carbocycles. The lowest BCUT2D eigenvalue weighted by molar-refractivity contribution is 0.670. The molecule has 0 spiro atoms. The maximum absolute atomic E-state index is 6.31. The van der Waals surface area contributed by atoms with Crippen molar-refractivity contribution in [3.05, 3.63) is 60.3 Å². The van der Waals surface area contributed by atoms with Crippen molar-refractivity contribution in [1.82, 2.24) is 4.98 Å². The van der Waals surface area contributed by atoms with Crippen LogP contribution in [-0.2, 0) is 0 Å². The summed E-state index contributed by atoms with van der Waals surface area (Å²) >= 11 is 0. The van der Waals surface area contributed by atoms with Crippen LogP contribution in [0.25, 0.3) is 33.2 Å². The highest BCUT2D eigenvalue weighted by Gasteiger charge is 2.24. The Morgan fingerprint density at radius 2 is 1.71 bits per heavy atom. The lowest BCUT2D eigenvalue weighted by atomic mass is 10.0. The minimum atomic E-state index is -1.50. The molecule has 0 aliphatic heterocycles. The largest absolute Gasteiger partial charge is 0.455 e. The molecule has 0 saturated heterocycles. The minimum Gasteiger partial charge on any atom is -0.455 e. The van der Waals surface area contributed by atoms with E-state index in [1.807, 2.05) is 18.3 Å². The second-order valence-electron chi connectivity index (χ2n) is 7.38. The zero-order chi connectivity index (χ0) is 16.9. The van der Waals surface area contributed by atoms with Gasteiger partial charge in [0.1, 0.15) is 11.2 Å². The average Bonchev–Trinajstić information content (AvgIpc) is 2.93. The minimum absolute atomic E-state index is 0.952. The Hall–Kier alpha value is -2.39. The quantitative estimate of drug-likeness (QED) is 0.453. The number of furan rings is 1. The molecule has 0 amide bonds. The Morgan fingerprint density at radius 1 is 0.917 bits per heavy atom. The first kappa shape index (κ1) is 15.2. The molecule has 0 atom stereocenters. The molecule has 0 aliphatic rings. The van der Waals surface area contributed by atoms with Gasteiger partial charge in [-0.05, 0) is 35.9 Å². The zero-order valence-corrected chi connectivity index (χ0v) is 15.6. The van der Waals surface area contributed by atoms with Gasteiger partial charge in [0.25, 0.3) is 0 Å². The summed E-state index contributed by atoms with van der Waals surface area (Å²) in [5.74, 6) is 0. The van der Waals surface area contributed by atoms with E-state index in [0.717, 1.165) is 22.4 Å². The summed E-state index contributed by atoms with van der Waals surface area (Å²) in [4.78, 5) is 4.61. The van der Waals surface area contributed by atoms with Gasteiger partial charge in [0.2, 0.25) is 0 Å². The zero-order valence-electron chi connectivity index (χ0n) is 14.6. The molecule has 2 aromatic heterocycles. The van der Waals surface area contributed by atoms with Crippen molar-refractivity contribution in [3.63, 3.8) is 0 Å². The topological polar surface area (TPSA) is 26.0 Å². The molecule has 120 valence electrons. The van der Waals surface area contributed by atoms with Crippen LogP contribution in [-0.4, -0.2) is 13.1 Å². The summed E-state index contributed by atoms with van der Waals surface area (Å²) in [7, 11) is -1.50. The van der Waals surface area contributed by atoms with E-state index in [1.54, 1.807) is 0 Å². The van der Waals surface area contributed by atoms with E-state index in [4.69, 9.17) is 4.42 Å². The number of fused-ring (bicyclic) bond motifs is 3. The van der Waals surface area contributed by atoms with Crippen molar-refractivity contribution < 1.29 is 4.42 Å². The molecular formula is C21H21NOSi. The van der Waals surface area contributed by atoms with Crippen molar-refractivity contribution in [2.24, 2.45) is 0 Å². The second-order valence-corrected chi connectivity index (χ2v) is 12.4. The van der Waals surface area contributed by atoms with Gasteiger partial charge in [0.15, 0.2) is 0 Å². The number of pyridine rings is 1. The highest BCUT2D eigenvalue weighted by molar-refractivity contribution is 6.90. The molecule has 0 aliphatic carbocycles. The number of hydrogen-bond acceptors (Lipinski definition) is 2. The molecule has 0 bridgehead atoms. The van der Waals surface area contributed by atoms with Gasteiger partial charge in [-0.2, -0.15) is 0 Å². The first-order chi connectivity index (χ1) is 11.5. The SMILES string of the molecule is Cc1cccnc1-c1ccc([Si](C)(C)C)c2c1oc1ccccc12. The highest BCUT2D eigenvalue weighted by Crippen LogP contribution is 2.36. The van der Waals surface area contributed by atoms with E-state index in [-0.39, 0.29) is 0 Å². The molecule has 0 fully saturated rings. The lowest BCUT2D eigenvalue weighted by Crippen LogP contribution is -2.37. The van der Waals surface area contributed by atoms with Gasteiger partial charge in [-0.15, -0.1) is 0 Å². The first-order valence-corrected chi connectivity index (χ1v) is 11.8. The average molecular weight is 331 g/mol. The summed E-state index contributed by atoms with van der Waals surface area (Å²) in [5, 5.41) is 3.92. The fraction of sp³-hybridized carbons (Fsp3) is 0.190. The standard InChI is InChI=1S/C21H21NOSi/c1-14-8-7-13-22-20(14)16-11-12-18(24(2,3)4)19-15-9-5-6-10-17(15)23-21(16)19/h5-13H,1-4H3. The van der Waals surface area contributed by atoms with Gasteiger partial charge >= 0.3 is 0 Å². The fourth-order valence-electron chi connectivity index (χ4n) is 3.41. The summed E-state index contributed by atoms with van der Waals surface area (Å²) in [6.07, 6.45) is 1.85. The molecule has 4 aromatic rings. The number of para-hydroxylation sites is 1. The van der Waals surface area contributed by atoms with Crippen LogP contribution in [0.4, 0.5) is 0 Å². The van der Waals surface area contributed by atoms with Crippen molar-refractivity contribution in [2.75, 3.05) is 0 Å². The van der Waals surface area contributed by atoms with Gasteiger partial charge in [-0.3, -0.25) is 4.98 Å². The van der Waals surface area contributed by atoms with Crippen LogP contribution in [0.3, 0.4) is 0 Å². The van der Waals surface area contributed by atoms with Gasteiger partial charge in [0.05, 0.1) is 13.8 Å². The predicted molar refractivity (Wildman–Crippen MR) is 105 cm³/mol. The maximum Gasteiger partial charge on any atom is 0.144 e. The number of rotatable bonds is 2. The molecule has 2 nitrogen and oxygen atoms in total. The Bertz CT molecular complexity index is 1060. The van der Waals surface area contributed by atoms with Crippen LogP contribution in [0, 0.1) is 6.92 Å². The van der Waals surface area contributed by atoms with Crippen LogP contribution < -0.4 is 5.19 Å². The molecule has 2 heterocycles. The molecule has 0 saturated carbocycles. The van der Waals surface area contributed by atoms with Crippen LogP contribution in [0.1, 0.15) is 5.56 Å². The van der Waals surface area contributed by atoms with Gasteiger partial charge in [0, 0.05) is 22.5 Å². The van der Waals surface area contributed by atoms with E-state index in [1.165, 1.54) is 21.5 Å². The Balaban J connectivity index is 2.17. The third-order valence-electron chi connectivity index (χ3n) is 4.60. The number of hydrogen-bond donors (Lipinski definition) is 0. The number of nitrogens with zero attached hydrogens (tertiary/aromatic N) is 1. The molecule has 4 rings (SSSR count). The Kier molecular flexibility index (Phi) is 3.36. The van der Waals surface area contributed by atoms with Gasteiger partial charge in [-0.1, -0.05) is 50.0 Å². The predicted octanol–water partition coefficient (Wildman–Crippen LogP) is 5.50. The second kappa shape index (κ2) is 5.31. The van der Waals surface area contributed by atoms with E-state index < -0.39 is 8.07 Å².